The molecule has 2 aromatic carbocycles. The summed E-state index contributed by atoms with van der Waals surface area (Å²) in [5.41, 5.74) is 1.92. The summed E-state index contributed by atoms with van der Waals surface area (Å²) in [5, 5.41) is 3.39. The SMILES string of the molecule is CC(C)COc1ccc(CC(=O)N(Cc2ccc(F)cc2)[C@H]2CCCNC2)cc1. The van der Waals surface area contributed by atoms with Crippen molar-refractivity contribution in [2.24, 2.45) is 5.92 Å². The predicted molar refractivity (Wildman–Crippen MR) is 113 cm³/mol. The molecule has 156 valence electrons. The van der Waals surface area contributed by atoms with Gasteiger partial charge in [-0.05, 0) is 60.7 Å². The molecule has 0 radical (unpaired) electrons. The maximum absolute atomic E-state index is 13.3. The van der Waals surface area contributed by atoms with E-state index in [4.69, 9.17) is 4.74 Å². The molecule has 0 bridgehead atoms. The number of rotatable bonds is 8. The monoisotopic (exact) mass is 398 g/mol. The van der Waals surface area contributed by atoms with Crippen LogP contribution in [-0.4, -0.2) is 36.5 Å². The van der Waals surface area contributed by atoms with Gasteiger partial charge in [-0.3, -0.25) is 4.79 Å². The summed E-state index contributed by atoms with van der Waals surface area (Å²) in [6.45, 7) is 7.20. The Balaban J connectivity index is 1.67. The lowest BCUT2D eigenvalue weighted by Gasteiger charge is -2.35. The first-order chi connectivity index (χ1) is 14.0. The minimum absolute atomic E-state index is 0.0962. The summed E-state index contributed by atoms with van der Waals surface area (Å²) in [4.78, 5) is 15.1. The normalized spacial score (nSPS) is 16.6. The number of nitrogens with zero attached hydrogens (tertiary/aromatic N) is 1. The number of carbonyl (C=O) groups is 1. The molecule has 0 spiro atoms. The van der Waals surface area contributed by atoms with Crippen molar-refractivity contribution in [3.63, 3.8) is 0 Å². The molecule has 1 amide bonds. The average Bonchev–Trinajstić information content (AvgIpc) is 2.73. The maximum Gasteiger partial charge on any atom is 0.227 e. The third kappa shape index (κ3) is 6.57. The lowest BCUT2D eigenvalue weighted by molar-refractivity contribution is -0.133. The number of halogens is 1. The summed E-state index contributed by atoms with van der Waals surface area (Å²) >= 11 is 0. The second-order valence-electron chi connectivity index (χ2n) is 8.17. The Labute approximate surface area is 173 Å². The molecule has 1 aliphatic heterocycles. The number of carbonyl (C=O) groups excluding carboxylic acids is 1. The van der Waals surface area contributed by atoms with E-state index in [0.29, 0.717) is 25.5 Å². The second kappa shape index (κ2) is 10.4. The van der Waals surface area contributed by atoms with Crippen LogP contribution < -0.4 is 10.1 Å². The molecule has 0 saturated carbocycles. The fourth-order valence-corrected chi connectivity index (χ4v) is 3.55. The fraction of sp³-hybridized carbons (Fsp3) is 0.458. The molecule has 29 heavy (non-hydrogen) atoms. The van der Waals surface area contributed by atoms with Crippen molar-refractivity contribution < 1.29 is 13.9 Å². The van der Waals surface area contributed by atoms with E-state index in [-0.39, 0.29) is 17.8 Å². The topological polar surface area (TPSA) is 41.6 Å². The van der Waals surface area contributed by atoms with Gasteiger partial charge in [-0.15, -0.1) is 0 Å². The van der Waals surface area contributed by atoms with Crippen LogP contribution in [-0.2, 0) is 17.8 Å². The van der Waals surface area contributed by atoms with Gasteiger partial charge in [0, 0.05) is 19.1 Å². The van der Waals surface area contributed by atoms with Crippen molar-refractivity contribution in [2.45, 2.75) is 45.7 Å². The molecule has 1 saturated heterocycles. The molecular weight excluding hydrogens is 367 g/mol. The Bertz CT molecular complexity index is 768. The van der Waals surface area contributed by atoms with Crippen LogP contribution in [0.25, 0.3) is 0 Å². The smallest absolute Gasteiger partial charge is 0.227 e. The van der Waals surface area contributed by atoms with Gasteiger partial charge < -0.3 is 15.0 Å². The van der Waals surface area contributed by atoms with E-state index in [2.05, 4.69) is 19.2 Å². The minimum atomic E-state index is -0.259. The Kier molecular flexibility index (Phi) is 7.64. The van der Waals surface area contributed by atoms with Crippen LogP contribution in [0.5, 0.6) is 5.75 Å². The van der Waals surface area contributed by atoms with E-state index in [1.807, 2.05) is 29.2 Å². The van der Waals surface area contributed by atoms with Crippen LogP contribution in [0, 0.1) is 11.7 Å². The van der Waals surface area contributed by atoms with Gasteiger partial charge in [0.25, 0.3) is 0 Å². The summed E-state index contributed by atoms with van der Waals surface area (Å²) in [6.07, 6.45) is 2.39. The highest BCUT2D eigenvalue weighted by Gasteiger charge is 2.25. The van der Waals surface area contributed by atoms with Crippen molar-refractivity contribution in [3.8, 4) is 5.75 Å². The van der Waals surface area contributed by atoms with Crippen molar-refractivity contribution in [1.29, 1.82) is 0 Å². The number of hydrogen-bond acceptors (Lipinski definition) is 3. The molecule has 1 atom stereocenters. The van der Waals surface area contributed by atoms with Crippen LogP contribution in [0.3, 0.4) is 0 Å². The van der Waals surface area contributed by atoms with Crippen LogP contribution in [0.1, 0.15) is 37.8 Å². The van der Waals surface area contributed by atoms with Gasteiger partial charge in [0.2, 0.25) is 5.91 Å². The van der Waals surface area contributed by atoms with Gasteiger partial charge in [0.1, 0.15) is 11.6 Å². The first-order valence-corrected chi connectivity index (χ1v) is 10.5. The maximum atomic E-state index is 13.3. The van der Waals surface area contributed by atoms with Gasteiger partial charge in [-0.2, -0.15) is 0 Å². The lowest BCUT2D eigenvalue weighted by Crippen LogP contribution is -2.48. The van der Waals surface area contributed by atoms with Crippen LogP contribution in [0.4, 0.5) is 4.39 Å². The van der Waals surface area contributed by atoms with Gasteiger partial charge >= 0.3 is 0 Å². The Morgan fingerprint density at radius 1 is 1.14 bits per heavy atom. The van der Waals surface area contributed by atoms with Crippen molar-refractivity contribution in [1.82, 2.24) is 10.2 Å². The molecule has 0 unspecified atom stereocenters. The zero-order chi connectivity index (χ0) is 20.6. The van der Waals surface area contributed by atoms with Gasteiger partial charge in [0.05, 0.1) is 13.0 Å². The zero-order valence-electron chi connectivity index (χ0n) is 17.4. The average molecular weight is 399 g/mol. The molecule has 1 fully saturated rings. The first-order valence-electron chi connectivity index (χ1n) is 10.5. The van der Waals surface area contributed by atoms with E-state index in [9.17, 15) is 9.18 Å². The number of piperidine rings is 1. The molecule has 3 rings (SSSR count). The molecular formula is C24H31FN2O2. The number of ether oxygens (including phenoxy) is 1. The van der Waals surface area contributed by atoms with E-state index in [1.54, 1.807) is 12.1 Å². The third-order valence-corrected chi connectivity index (χ3v) is 5.16. The Hall–Kier alpha value is -2.40. The number of benzene rings is 2. The Morgan fingerprint density at radius 2 is 1.83 bits per heavy atom. The number of hydrogen-bond donors (Lipinski definition) is 1. The highest BCUT2D eigenvalue weighted by Crippen LogP contribution is 2.19. The van der Waals surface area contributed by atoms with Crippen LogP contribution in [0.15, 0.2) is 48.5 Å². The summed E-state index contributed by atoms with van der Waals surface area (Å²) < 4.78 is 19.0. The van der Waals surface area contributed by atoms with Crippen molar-refractivity contribution >= 4 is 5.91 Å². The summed E-state index contributed by atoms with van der Waals surface area (Å²) in [7, 11) is 0. The van der Waals surface area contributed by atoms with Gasteiger partial charge in [-0.25, -0.2) is 4.39 Å². The van der Waals surface area contributed by atoms with E-state index in [1.165, 1.54) is 12.1 Å². The quantitative estimate of drug-likeness (QED) is 0.725. The molecule has 1 N–H and O–H groups in total. The third-order valence-electron chi connectivity index (χ3n) is 5.16. The van der Waals surface area contributed by atoms with Crippen LogP contribution >= 0.6 is 0 Å². The molecule has 4 nitrogen and oxygen atoms in total. The zero-order valence-corrected chi connectivity index (χ0v) is 17.4. The minimum Gasteiger partial charge on any atom is -0.493 e. The molecule has 5 heteroatoms. The van der Waals surface area contributed by atoms with Crippen molar-refractivity contribution in [3.05, 3.63) is 65.5 Å². The second-order valence-corrected chi connectivity index (χ2v) is 8.17. The largest absolute Gasteiger partial charge is 0.493 e. The van der Waals surface area contributed by atoms with E-state index in [0.717, 1.165) is 42.8 Å². The van der Waals surface area contributed by atoms with Gasteiger partial charge in [0.15, 0.2) is 0 Å². The highest BCUT2D eigenvalue weighted by molar-refractivity contribution is 5.79. The summed E-state index contributed by atoms with van der Waals surface area (Å²) in [6, 6.07) is 14.4. The van der Waals surface area contributed by atoms with Gasteiger partial charge in [-0.1, -0.05) is 38.1 Å². The first kappa shape index (κ1) is 21.3. The molecule has 0 aromatic heterocycles. The van der Waals surface area contributed by atoms with Crippen LogP contribution in [0.2, 0.25) is 0 Å². The van der Waals surface area contributed by atoms with Crippen molar-refractivity contribution in [2.75, 3.05) is 19.7 Å². The standard InChI is InChI=1S/C24H31FN2O2/c1-18(2)17-29-23-11-7-19(8-12-23)14-24(28)27(22-4-3-13-26-15-22)16-20-5-9-21(25)10-6-20/h5-12,18,22,26H,3-4,13-17H2,1-2H3/t22-/m0/s1. The van der Waals surface area contributed by atoms with E-state index < -0.39 is 0 Å². The summed E-state index contributed by atoms with van der Waals surface area (Å²) in [5.74, 6) is 1.14. The molecule has 2 aromatic rings. The number of nitrogens with one attached hydrogen (secondary N) is 1. The molecule has 0 aliphatic carbocycles. The predicted octanol–water partition coefficient (Wildman–Crippen LogP) is 4.18. The molecule has 1 aliphatic rings. The number of amides is 1. The fourth-order valence-electron chi connectivity index (χ4n) is 3.55. The van der Waals surface area contributed by atoms with E-state index >= 15 is 0 Å². The molecule has 1 heterocycles. The lowest BCUT2D eigenvalue weighted by atomic mass is 10.0. The highest BCUT2D eigenvalue weighted by atomic mass is 19.1. The Morgan fingerprint density at radius 3 is 2.45 bits per heavy atom.